The fourth-order valence-electron chi connectivity index (χ4n) is 10.9. The van der Waals surface area contributed by atoms with Gasteiger partial charge in [-0.2, -0.15) is 0 Å². The zero-order chi connectivity index (χ0) is 41.5. The van der Waals surface area contributed by atoms with Crippen molar-refractivity contribution in [3.05, 3.63) is 259 Å². The van der Waals surface area contributed by atoms with Gasteiger partial charge in [-0.1, -0.05) is 188 Å². The standard InChI is InChI=1S/C61H40N2/c1-2-13-47(14-3-1)63-58-24-11-7-17-50(58)52-39-45(35-38-59(52)63)44-31-29-41(30-32-44)40-25-27-42(28-26-40)43-33-36-46(37-34-43)62-57-23-12-22-56-60(57)51-18-6-10-21-55(51)61(56)53-19-8-4-15-48(53)49-16-5-9-20-54(49)61/h1-39,62H. The lowest BCUT2D eigenvalue weighted by Gasteiger charge is -2.30. The minimum Gasteiger partial charge on any atom is -0.355 e. The van der Waals surface area contributed by atoms with Gasteiger partial charge in [-0.15, -0.1) is 0 Å². The van der Waals surface area contributed by atoms with Crippen LogP contribution < -0.4 is 5.32 Å². The fourth-order valence-corrected chi connectivity index (χ4v) is 10.9. The second kappa shape index (κ2) is 13.9. The Kier molecular flexibility index (Phi) is 7.85. The van der Waals surface area contributed by atoms with Gasteiger partial charge in [0.2, 0.25) is 0 Å². The molecule has 2 aliphatic carbocycles. The van der Waals surface area contributed by atoms with Gasteiger partial charge in [-0.25, -0.2) is 0 Å². The summed E-state index contributed by atoms with van der Waals surface area (Å²) in [5.74, 6) is 0. The van der Waals surface area contributed by atoms with E-state index < -0.39 is 0 Å². The molecular formula is C61H40N2. The van der Waals surface area contributed by atoms with Gasteiger partial charge in [0.1, 0.15) is 0 Å². The largest absolute Gasteiger partial charge is 0.355 e. The van der Waals surface area contributed by atoms with Crippen molar-refractivity contribution >= 4 is 33.2 Å². The smallest absolute Gasteiger partial charge is 0.0726 e. The van der Waals surface area contributed by atoms with E-state index in [0.29, 0.717) is 0 Å². The number of rotatable bonds is 6. The Morgan fingerprint density at radius 2 is 0.778 bits per heavy atom. The van der Waals surface area contributed by atoms with Crippen LogP contribution in [-0.2, 0) is 5.41 Å². The van der Waals surface area contributed by atoms with Crippen molar-refractivity contribution in [1.29, 1.82) is 0 Å². The number of aromatic nitrogens is 1. The normalized spacial score (nSPS) is 12.9. The van der Waals surface area contributed by atoms with Gasteiger partial charge >= 0.3 is 0 Å². The third-order valence-corrected chi connectivity index (χ3v) is 13.6. The molecule has 0 fully saturated rings. The van der Waals surface area contributed by atoms with Crippen LogP contribution in [0.15, 0.2) is 237 Å². The minimum atomic E-state index is -0.351. The summed E-state index contributed by atoms with van der Waals surface area (Å²) in [7, 11) is 0. The lowest BCUT2D eigenvalue weighted by Crippen LogP contribution is -2.25. The highest BCUT2D eigenvalue weighted by Crippen LogP contribution is 2.63. The van der Waals surface area contributed by atoms with Crippen LogP contribution in [0.5, 0.6) is 0 Å². The molecule has 0 atom stereocenters. The molecule has 0 saturated carbocycles. The Morgan fingerprint density at radius 3 is 1.41 bits per heavy atom. The van der Waals surface area contributed by atoms with Crippen molar-refractivity contribution < 1.29 is 0 Å². The molecule has 0 amide bonds. The van der Waals surface area contributed by atoms with Crippen LogP contribution in [0.3, 0.4) is 0 Å². The molecule has 0 radical (unpaired) electrons. The number of nitrogens with zero attached hydrogens (tertiary/aromatic N) is 1. The molecule has 294 valence electrons. The lowest BCUT2D eigenvalue weighted by atomic mass is 9.70. The molecule has 63 heavy (non-hydrogen) atoms. The van der Waals surface area contributed by atoms with E-state index in [1.54, 1.807) is 0 Å². The Bertz CT molecular complexity index is 3510. The van der Waals surface area contributed by atoms with E-state index in [2.05, 4.69) is 246 Å². The molecule has 10 aromatic carbocycles. The second-order valence-corrected chi connectivity index (χ2v) is 16.9. The van der Waals surface area contributed by atoms with E-state index in [9.17, 15) is 0 Å². The topological polar surface area (TPSA) is 17.0 Å². The van der Waals surface area contributed by atoms with E-state index in [0.717, 1.165) is 11.4 Å². The summed E-state index contributed by atoms with van der Waals surface area (Å²) in [6, 6.07) is 86.7. The van der Waals surface area contributed by atoms with E-state index in [1.807, 2.05) is 0 Å². The van der Waals surface area contributed by atoms with Crippen LogP contribution in [0.4, 0.5) is 11.4 Å². The van der Waals surface area contributed by atoms with E-state index in [4.69, 9.17) is 0 Å². The molecule has 1 aromatic heterocycles. The van der Waals surface area contributed by atoms with Crippen molar-refractivity contribution in [3.63, 3.8) is 0 Å². The summed E-state index contributed by atoms with van der Waals surface area (Å²) < 4.78 is 2.37. The maximum absolute atomic E-state index is 3.85. The number of hydrogen-bond donors (Lipinski definition) is 1. The Labute approximate surface area is 367 Å². The molecule has 0 unspecified atom stereocenters. The van der Waals surface area contributed by atoms with Crippen molar-refractivity contribution in [1.82, 2.24) is 4.57 Å². The van der Waals surface area contributed by atoms with Gasteiger partial charge in [0, 0.05) is 33.4 Å². The summed E-state index contributed by atoms with van der Waals surface area (Å²) in [5.41, 5.74) is 23.3. The Balaban J connectivity index is 0.768. The fraction of sp³-hybridized carbons (Fsp3) is 0.0164. The lowest BCUT2D eigenvalue weighted by molar-refractivity contribution is 0.794. The third kappa shape index (κ3) is 5.32. The van der Waals surface area contributed by atoms with Crippen molar-refractivity contribution in [2.75, 3.05) is 5.32 Å². The van der Waals surface area contributed by atoms with Crippen molar-refractivity contribution in [2.45, 2.75) is 5.41 Å². The predicted molar refractivity (Wildman–Crippen MR) is 263 cm³/mol. The Morgan fingerprint density at radius 1 is 0.317 bits per heavy atom. The molecular weight excluding hydrogens is 761 g/mol. The quantitative estimate of drug-likeness (QED) is 0.177. The number of nitrogens with one attached hydrogen (secondary N) is 1. The van der Waals surface area contributed by atoms with Gasteiger partial charge < -0.3 is 9.88 Å². The Hall–Kier alpha value is -8.20. The van der Waals surface area contributed by atoms with Gasteiger partial charge in [0.25, 0.3) is 0 Å². The minimum absolute atomic E-state index is 0.351. The molecule has 1 N–H and O–H groups in total. The maximum atomic E-state index is 3.85. The summed E-state index contributed by atoms with van der Waals surface area (Å²) in [6.07, 6.45) is 0. The molecule has 1 heterocycles. The molecule has 2 aliphatic rings. The number of fused-ring (bicyclic) bond motifs is 13. The number of hydrogen-bond acceptors (Lipinski definition) is 1. The summed E-state index contributed by atoms with van der Waals surface area (Å²) in [5, 5.41) is 6.38. The van der Waals surface area contributed by atoms with E-state index in [1.165, 1.54) is 105 Å². The van der Waals surface area contributed by atoms with Crippen LogP contribution in [0, 0.1) is 0 Å². The van der Waals surface area contributed by atoms with Crippen molar-refractivity contribution in [3.8, 4) is 61.3 Å². The molecule has 13 rings (SSSR count). The third-order valence-electron chi connectivity index (χ3n) is 13.6. The monoisotopic (exact) mass is 800 g/mol. The SMILES string of the molecule is c1ccc(-n2c3ccccc3c3cc(-c4ccc(-c5ccc(-c6ccc(Nc7cccc8c7-c7ccccc7C87c8ccccc8-c8ccccc87)cc6)cc5)cc4)ccc32)cc1. The highest BCUT2D eigenvalue weighted by atomic mass is 15.0. The molecule has 2 nitrogen and oxygen atoms in total. The van der Waals surface area contributed by atoms with Gasteiger partial charge in [0.15, 0.2) is 0 Å². The van der Waals surface area contributed by atoms with Gasteiger partial charge in [0.05, 0.1) is 16.4 Å². The van der Waals surface area contributed by atoms with Gasteiger partial charge in [-0.05, 0) is 121 Å². The summed E-state index contributed by atoms with van der Waals surface area (Å²) in [6.45, 7) is 0. The molecule has 0 aliphatic heterocycles. The van der Waals surface area contributed by atoms with Crippen LogP contribution in [0.1, 0.15) is 22.3 Å². The maximum Gasteiger partial charge on any atom is 0.0726 e. The number of anilines is 2. The zero-order valence-electron chi connectivity index (χ0n) is 34.5. The highest BCUT2D eigenvalue weighted by molar-refractivity contribution is 6.10. The molecule has 2 heteroatoms. The first-order valence-corrected chi connectivity index (χ1v) is 21.8. The molecule has 0 saturated heterocycles. The first-order chi connectivity index (χ1) is 31.2. The number of benzene rings is 10. The summed E-state index contributed by atoms with van der Waals surface area (Å²) >= 11 is 0. The van der Waals surface area contributed by atoms with Crippen molar-refractivity contribution in [2.24, 2.45) is 0 Å². The number of para-hydroxylation sites is 2. The first-order valence-electron chi connectivity index (χ1n) is 21.8. The average molecular weight is 801 g/mol. The van der Waals surface area contributed by atoms with E-state index >= 15 is 0 Å². The van der Waals surface area contributed by atoms with E-state index in [-0.39, 0.29) is 5.41 Å². The second-order valence-electron chi connectivity index (χ2n) is 16.9. The zero-order valence-corrected chi connectivity index (χ0v) is 34.5. The average Bonchev–Trinajstić information content (AvgIpc) is 3.97. The van der Waals surface area contributed by atoms with Crippen LogP contribution in [0.25, 0.3) is 83.1 Å². The molecule has 11 aromatic rings. The highest BCUT2D eigenvalue weighted by Gasteiger charge is 2.52. The van der Waals surface area contributed by atoms with Crippen LogP contribution in [-0.4, -0.2) is 4.57 Å². The molecule has 0 bridgehead atoms. The predicted octanol–water partition coefficient (Wildman–Crippen LogP) is 15.9. The van der Waals surface area contributed by atoms with Crippen LogP contribution in [0.2, 0.25) is 0 Å². The molecule has 1 spiro atoms. The summed E-state index contributed by atoms with van der Waals surface area (Å²) in [4.78, 5) is 0. The first kappa shape index (κ1) is 35.5. The van der Waals surface area contributed by atoms with Gasteiger partial charge in [-0.3, -0.25) is 0 Å². The van der Waals surface area contributed by atoms with Crippen LogP contribution >= 0.6 is 0 Å².